The molecule has 0 spiro atoms. The van der Waals surface area contributed by atoms with Gasteiger partial charge in [0.05, 0.1) is 0 Å². The molecule has 10 rings (SSSR count). The Hall–Kier alpha value is -4.37. The van der Waals surface area contributed by atoms with Gasteiger partial charge in [0.1, 0.15) is 0 Å². The van der Waals surface area contributed by atoms with E-state index in [-0.39, 0.29) is 30.2 Å². The van der Waals surface area contributed by atoms with Gasteiger partial charge in [-0.25, -0.2) is 0 Å². The molecule has 58 heavy (non-hydrogen) atoms. The van der Waals surface area contributed by atoms with E-state index in [0.717, 1.165) is 0 Å². The smallest absolute Gasteiger partial charge is 0.0114 e. The predicted molar refractivity (Wildman–Crippen MR) is 241 cm³/mol. The van der Waals surface area contributed by atoms with Gasteiger partial charge in [0.15, 0.2) is 0 Å². The first-order chi connectivity index (χ1) is 27.2. The molecule has 0 N–H and O–H groups in total. The van der Waals surface area contributed by atoms with Crippen molar-refractivity contribution in [3.05, 3.63) is 192 Å². The monoisotopic (exact) mass is 885 g/mol. The molecule has 1 aliphatic heterocycles. The molecule has 8 aromatic carbocycles. The van der Waals surface area contributed by atoms with E-state index in [1.54, 1.807) is 23.3 Å². The summed E-state index contributed by atoms with van der Waals surface area (Å²) in [5.41, 5.74) is 11.8. The molecule has 1 atom stereocenters. The molecule has 288 valence electrons. The standard InChI is InChI=1S/C30H21.C21H20N.C2H6Si.2ClH.Zr/c1-20-16-23-18-24(27-14-6-10-21-8-2-4-12-25(21)27)19-30(29(23)17-20)28-15-7-11-22-9-3-5-13-26(22)28;1-14(2)17-12-18-11-15(3)22(21(18)13-17)20-10-6-8-16-7-4-5-9-19(16)20;1-3-2;;;/h2-19H,1H3;4-11,13-15H,1-3H3;1-2H3;2*1H;/q2*-1;;;;+2/p-2. The molecule has 5 heteroatoms. The van der Waals surface area contributed by atoms with Crippen molar-refractivity contribution in [2.75, 3.05) is 4.90 Å². The third-order valence-electron chi connectivity index (χ3n) is 10.7. The van der Waals surface area contributed by atoms with Crippen molar-refractivity contribution in [3.8, 4) is 22.3 Å². The van der Waals surface area contributed by atoms with Gasteiger partial charge in [0, 0.05) is 17.1 Å². The fourth-order valence-corrected chi connectivity index (χ4v) is 8.21. The molecular weight excluding hydrogens is 841 g/mol. The van der Waals surface area contributed by atoms with Gasteiger partial charge in [-0.2, -0.15) is 6.07 Å². The van der Waals surface area contributed by atoms with Gasteiger partial charge in [0.2, 0.25) is 0 Å². The summed E-state index contributed by atoms with van der Waals surface area (Å²) in [5.74, 6) is 0.517. The SMILES string of the molecule is CC(C)C1=[C-]C2=CC(C)N(c3cccc4ccccc34)C2=C1.C[Si](C)=[Zr+2].Cc1cc2c(-c3cccc4ccccc34)cc(-c3cccc4ccccc34)cc2[cH-]1.[Cl-].[Cl-]. The maximum Gasteiger partial charge on any atom is -0.0114 e. The maximum absolute atomic E-state index is 3.57. The summed E-state index contributed by atoms with van der Waals surface area (Å²) in [5, 5.41) is 10.4. The third kappa shape index (κ3) is 8.80. The molecule has 0 fully saturated rings. The molecule has 0 saturated carbocycles. The van der Waals surface area contributed by atoms with Crippen LogP contribution < -0.4 is 29.7 Å². The Bertz CT molecular complexity index is 2860. The Balaban J connectivity index is 0.000000180. The van der Waals surface area contributed by atoms with Crippen molar-refractivity contribution in [2.24, 2.45) is 5.92 Å². The minimum atomic E-state index is 0. The van der Waals surface area contributed by atoms with Crippen molar-refractivity contribution >= 4 is 54.2 Å². The fraction of sp³-hybridized carbons (Fsp3) is 0.151. The van der Waals surface area contributed by atoms with Crippen LogP contribution in [0.3, 0.4) is 0 Å². The molecule has 1 aliphatic carbocycles. The molecular formula is C53H47Cl2NSiZr-2. The minimum absolute atomic E-state index is 0. The summed E-state index contributed by atoms with van der Waals surface area (Å²) >= 11 is 1.74. The number of halogens is 2. The van der Waals surface area contributed by atoms with Crippen molar-refractivity contribution in [2.45, 2.75) is 46.8 Å². The zero-order valence-electron chi connectivity index (χ0n) is 33.9. The Morgan fingerprint density at radius 3 is 1.78 bits per heavy atom. The summed E-state index contributed by atoms with van der Waals surface area (Å²) in [4.78, 5) is 2.44. The number of allylic oxidation sites excluding steroid dienone is 3. The van der Waals surface area contributed by atoms with Crippen molar-refractivity contribution in [1.82, 2.24) is 0 Å². The van der Waals surface area contributed by atoms with Gasteiger partial charge in [-0.15, -0.1) is 57.8 Å². The summed E-state index contributed by atoms with van der Waals surface area (Å²) in [6.07, 6.45) is 8.20. The quantitative estimate of drug-likeness (QED) is 0.127. The first kappa shape index (κ1) is 43.2. The van der Waals surface area contributed by atoms with E-state index < -0.39 is 0 Å². The Labute approximate surface area is 371 Å². The van der Waals surface area contributed by atoms with Crippen LogP contribution >= 0.6 is 0 Å². The van der Waals surface area contributed by atoms with Gasteiger partial charge in [0.25, 0.3) is 0 Å². The molecule has 8 aromatic rings. The third-order valence-corrected chi connectivity index (χ3v) is 10.7. The van der Waals surface area contributed by atoms with Gasteiger partial charge in [-0.3, -0.25) is 0 Å². The Morgan fingerprint density at radius 1 is 0.638 bits per heavy atom. The second-order valence-electron chi connectivity index (χ2n) is 15.6. The Morgan fingerprint density at radius 2 is 1.16 bits per heavy atom. The zero-order valence-corrected chi connectivity index (χ0v) is 38.9. The molecule has 0 aromatic heterocycles. The summed E-state index contributed by atoms with van der Waals surface area (Å²) in [7, 11) is 0. The number of hydrogen-bond donors (Lipinski definition) is 0. The van der Waals surface area contributed by atoms with Gasteiger partial charge in [-0.05, 0) is 57.0 Å². The predicted octanol–water partition coefficient (Wildman–Crippen LogP) is 8.56. The van der Waals surface area contributed by atoms with E-state index in [2.05, 4.69) is 216 Å². The van der Waals surface area contributed by atoms with Crippen LogP contribution in [0.15, 0.2) is 181 Å². The van der Waals surface area contributed by atoms with E-state index in [1.165, 1.54) is 93.4 Å². The first-order valence-electron chi connectivity index (χ1n) is 19.7. The summed E-state index contributed by atoms with van der Waals surface area (Å²) < 4.78 is 0. The second kappa shape index (κ2) is 18.7. The van der Waals surface area contributed by atoms with Gasteiger partial charge >= 0.3 is 41.9 Å². The van der Waals surface area contributed by atoms with E-state index in [9.17, 15) is 0 Å². The van der Waals surface area contributed by atoms with Crippen LogP contribution in [-0.2, 0) is 23.3 Å². The first-order valence-corrected chi connectivity index (χ1v) is 25.9. The normalized spacial score (nSPS) is 14.1. The molecule has 0 bridgehead atoms. The average molecular weight is 888 g/mol. The topological polar surface area (TPSA) is 3.24 Å². The zero-order chi connectivity index (χ0) is 38.9. The van der Waals surface area contributed by atoms with Crippen LogP contribution in [0, 0.1) is 18.9 Å². The Kier molecular flexibility index (Phi) is 13.9. The molecule has 0 radical (unpaired) electrons. The van der Waals surface area contributed by atoms with Crippen molar-refractivity contribution in [3.63, 3.8) is 0 Å². The molecule has 1 unspecified atom stereocenters. The van der Waals surface area contributed by atoms with Crippen molar-refractivity contribution in [1.29, 1.82) is 0 Å². The molecule has 0 saturated heterocycles. The summed E-state index contributed by atoms with van der Waals surface area (Å²) in [6.45, 7) is 13.5. The largest absolute Gasteiger partial charge is 1.00 e. The average Bonchev–Trinajstić information content (AvgIpc) is 3.88. The second-order valence-corrected chi connectivity index (χ2v) is 24.9. The number of nitrogens with zero attached hydrogens (tertiary/aromatic N) is 1. The van der Waals surface area contributed by atoms with E-state index >= 15 is 0 Å². The number of benzene rings is 7. The fourth-order valence-electron chi connectivity index (χ4n) is 8.21. The number of rotatable bonds is 4. The van der Waals surface area contributed by atoms with Crippen molar-refractivity contribution < 1.29 is 48.1 Å². The van der Waals surface area contributed by atoms with Gasteiger partial charge in [-0.1, -0.05) is 165 Å². The van der Waals surface area contributed by atoms with E-state index in [0.29, 0.717) is 12.0 Å². The van der Waals surface area contributed by atoms with Gasteiger partial charge < -0.3 is 29.7 Å². The van der Waals surface area contributed by atoms with Crippen LogP contribution in [0.1, 0.15) is 26.3 Å². The van der Waals surface area contributed by atoms with Crippen LogP contribution in [0.5, 0.6) is 0 Å². The number of hydrogen-bond acceptors (Lipinski definition) is 1. The number of fused-ring (bicyclic) bond motifs is 5. The van der Waals surface area contributed by atoms with Crippen LogP contribution in [-0.4, -0.2) is 11.5 Å². The number of aryl methyl sites for hydroxylation is 1. The van der Waals surface area contributed by atoms with Crippen LogP contribution in [0.4, 0.5) is 5.69 Å². The van der Waals surface area contributed by atoms with Crippen LogP contribution in [0.25, 0.3) is 65.3 Å². The molecule has 2 aliphatic rings. The van der Waals surface area contributed by atoms with E-state index in [4.69, 9.17) is 0 Å². The molecule has 1 heterocycles. The van der Waals surface area contributed by atoms with E-state index in [1.807, 2.05) is 0 Å². The van der Waals surface area contributed by atoms with Crippen LogP contribution in [0.2, 0.25) is 13.1 Å². The molecule has 1 nitrogen and oxygen atoms in total. The number of anilines is 1. The minimum Gasteiger partial charge on any atom is -1.00 e. The molecule has 0 amide bonds. The summed E-state index contributed by atoms with van der Waals surface area (Å²) in [6, 6.07) is 55.4. The maximum atomic E-state index is 3.57.